The maximum absolute atomic E-state index is 13.0. The van der Waals surface area contributed by atoms with E-state index in [0.29, 0.717) is 33.9 Å². The van der Waals surface area contributed by atoms with E-state index in [0.717, 1.165) is 36.4 Å². The summed E-state index contributed by atoms with van der Waals surface area (Å²) < 4.78 is 1.73. The Morgan fingerprint density at radius 1 is 1.06 bits per heavy atom. The van der Waals surface area contributed by atoms with Crippen LogP contribution in [0.1, 0.15) is 11.3 Å². The zero-order valence-corrected chi connectivity index (χ0v) is 17.6. The molecule has 0 bridgehead atoms. The van der Waals surface area contributed by atoms with Gasteiger partial charge in [-0.1, -0.05) is 0 Å². The second-order valence-electron chi connectivity index (χ2n) is 7.79. The lowest BCUT2D eigenvalue weighted by Gasteiger charge is -2.32. The monoisotopic (exact) mass is 433 g/mol. The highest BCUT2D eigenvalue weighted by Crippen LogP contribution is 2.37. The average molecular weight is 433 g/mol. The molecule has 4 aromatic heterocycles. The first kappa shape index (κ1) is 18.3. The highest BCUT2D eigenvalue weighted by atomic mass is 32.1. The van der Waals surface area contributed by atoms with Crippen LogP contribution in [0.15, 0.2) is 36.0 Å². The van der Waals surface area contributed by atoms with Crippen LogP contribution in [0.3, 0.4) is 0 Å². The standard InChI is InChI=1S/C21H19N7O2S/c1-26-6-8-27(9-7-26)21-23-17(14-3-2-5-28(14)25-21)16-15(18(29)24-19(16)30)13-11-22-20-12(13)4-10-31-20/h2-5,10-11,22H,6-9H2,1H3,(H,24,29,30). The minimum absolute atomic E-state index is 0.290. The molecule has 0 spiro atoms. The summed E-state index contributed by atoms with van der Waals surface area (Å²) in [6.07, 6.45) is 3.62. The van der Waals surface area contributed by atoms with Gasteiger partial charge < -0.3 is 14.8 Å². The normalized spacial score (nSPS) is 18.0. The first-order chi connectivity index (χ1) is 15.1. The number of piperazine rings is 1. The van der Waals surface area contributed by atoms with E-state index in [9.17, 15) is 9.59 Å². The average Bonchev–Trinajstić information content (AvgIpc) is 3.52. The molecule has 1 fully saturated rings. The number of nitrogens with one attached hydrogen (secondary N) is 2. The molecule has 1 saturated heterocycles. The van der Waals surface area contributed by atoms with E-state index in [2.05, 4.69) is 32.2 Å². The molecular weight excluding hydrogens is 414 g/mol. The molecule has 156 valence electrons. The van der Waals surface area contributed by atoms with E-state index in [1.165, 1.54) is 0 Å². The molecule has 0 atom stereocenters. The van der Waals surface area contributed by atoms with Crippen molar-refractivity contribution in [3.63, 3.8) is 0 Å². The molecule has 2 aliphatic heterocycles. The molecule has 0 radical (unpaired) electrons. The molecule has 31 heavy (non-hydrogen) atoms. The molecule has 6 heterocycles. The Balaban J connectivity index is 1.58. The number of likely N-dealkylation sites (N-methyl/N-ethyl adjacent to an activating group) is 1. The highest BCUT2D eigenvalue weighted by molar-refractivity contribution is 7.16. The maximum atomic E-state index is 13.0. The molecular formula is C21H19N7O2S. The van der Waals surface area contributed by atoms with Gasteiger partial charge in [-0.3, -0.25) is 14.9 Å². The van der Waals surface area contributed by atoms with E-state index in [4.69, 9.17) is 4.98 Å². The van der Waals surface area contributed by atoms with Crippen LogP contribution in [0.4, 0.5) is 5.95 Å². The van der Waals surface area contributed by atoms with Crippen LogP contribution in [0.2, 0.25) is 0 Å². The Hall–Kier alpha value is -3.50. The summed E-state index contributed by atoms with van der Waals surface area (Å²) in [5.41, 5.74) is 2.50. The minimum atomic E-state index is -0.435. The molecule has 0 saturated carbocycles. The number of anilines is 1. The number of imide groups is 1. The zero-order chi connectivity index (χ0) is 21.1. The Morgan fingerprint density at radius 2 is 1.87 bits per heavy atom. The van der Waals surface area contributed by atoms with Gasteiger partial charge in [-0.05, 0) is 30.6 Å². The Kier molecular flexibility index (Phi) is 3.99. The molecule has 0 aliphatic carbocycles. The van der Waals surface area contributed by atoms with Crippen LogP contribution >= 0.6 is 11.3 Å². The number of nitrogens with zero attached hydrogens (tertiary/aromatic N) is 5. The van der Waals surface area contributed by atoms with Gasteiger partial charge in [-0.25, -0.2) is 9.50 Å². The number of thiophene rings is 1. The number of H-pyrrole nitrogens is 1. The van der Waals surface area contributed by atoms with Crippen molar-refractivity contribution in [3.8, 4) is 0 Å². The number of hydrogen-bond acceptors (Lipinski definition) is 7. The van der Waals surface area contributed by atoms with Gasteiger partial charge in [0.2, 0.25) is 5.95 Å². The third-order valence-corrected chi connectivity index (χ3v) is 6.75. The van der Waals surface area contributed by atoms with Crippen LogP contribution in [-0.4, -0.2) is 69.5 Å². The summed E-state index contributed by atoms with van der Waals surface area (Å²) in [6, 6.07) is 5.68. The number of fused-ring (bicyclic) bond motifs is 2. The van der Waals surface area contributed by atoms with Crippen molar-refractivity contribution in [1.82, 2.24) is 29.8 Å². The third kappa shape index (κ3) is 2.79. The lowest BCUT2D eigenvalue weighted by Crippen LogP contribution is -2.45. The van der Waals surface area contributed by atoms with Crippen LogP contribution < -0.4 is 10.2 Å². The van der Waals surface area contributed by atoms with E-state index in [1.807, 2.05) is 29.8 Å². The van der Waals surface area contributed by atoms with Crippen LogP contribution in [0.5, 0.6) is 0 Å². The lowest BCUT2D eigenvalue weighted by molar-refractivity contribution is -0.122. The number of aromatic amines is 1. The van der Waals surface area contributed by atoms with Crippen molar-refractivity contribution in [1.29, 1.82) is 0 Å². The van der Waals surface area contributed by atoms with Crippen molar-refractivity contribution in [2.24, 2.45) is 0 Å². The Labute approximate surface area is 181 Å². The lowest BCUT2D eigenvalue weighted by atomic mass is 9.99. The Bertz CT molecular complexity index is 1390. The largest absolute Gasteiger partial charge is 0.352 e. The topological polar surface area (TPSA) is 98.6 Å². The summed E-state index contributed by atoms with van der Waals surface area (Å²) in [5.74, 6) is -0.284. The quantitative estimate of drug-likeness (QED) is 0.476. The van der Waals surface area contributed by atoms with E-state index in [1.54, 1.807) is 22.0 Å². The second-order valence-corrected chi connectivity index (χ2v) is 8.70. The van der Waals surface area contributed by atoms with Gasteiger partial charge in [0, 0.05) is 49.5 Å². The van der Waals surface area contributed by atoms with Crippen LogP contribution in [0.25, 0.3) is 26.9 Å². The van der Waals surface area contributed by atoms with E-state index >= 15 is 0 Å². The van der Waals surface area contributed by atoms with Gasteiger partial charge >= 0.3 is 0 Å². The molecule has 10 heteroatoms. The fraction of sp³-hybridized carbons (Fsp3) is 0.238. The van der Waals surface area contributed by atoms with Gasteiger partial charge in [0.1, 0.15) is 10.5 Å². The van der Waals surface area contributed by atoms with Gasteiger partial charge in [-0.2, -0.15) is 0 Å². The summed E-state index contributed by atoms with van der Waals surface area (Å²) in [7, 11) is 2.09. The van der Waals surface area contributed by atoms with Crippen molar-refractivity contribution in [3.05, 3.63) is 47.2 Å². The van der Waals surface area contributed by atoms with Crippen LogP contribution in [-0.2, 0) is 9.59 Å². The predicted molar refractivity (Wildman–Crippen MR) is 119 cm³/mol. The first-order valence-corrected chi connectivity index (χ1v) is 10.9. The number of hydrogen-bond donors (Lipinski definition) is 2. The second kappa shape index (κ2) is 6.76. The summed E-state index contributed by atoms with van der Waals surface area (Å²) >= 11 is 1.56. The molecule has 6 rings (SSSR count). The summed E-state index contributed by atoms with van der Waals surface area (Å²) in [5, 5.41) is 10.0. The SMILES string of the molecule is CN1CCN(c2nc(C3=C(c4c[nH]c5sccc45)C(=O)NC3=O)c3cccn3n2)CC1. The number of carbonyl (C=O) groups excluding carboxylic acids is 2. The number of amides is 2. The van der Waals surface area contributed by atoms with E-state index < -0.39 is 11.8 Å². The molecule has 4 aromatic rings. The number of carbonyl (C=O) groups is 2. The molecule has 2 N–H and O–H groups in total. The van der Waals surface area contributed by atoms with Crippen LogP contribution in [0, 0.1) is 0 Å². The van der Waals surface area contributed by atoms with Crippen molar-refractivity contribution in [2.75, 3.05) is 38.1 Å². The molecule has 2 amide bonds. The summed E-state index contributed by atoms with van der Waals surface area (Å²) in [4.78, 5) is 39.2. The van der Waals surface area contributed by atoms with Crippen molar-refractivity contribution >= 4 is 56.0 Å². The third-order valence-electron chi connectivity index (χ3n) is 5.91. The number of aromatic nitrogens is 4. The molecule has 0 unspecified atom stereocenters. The minimum Gasteiger partial charge on any atom is -0.352 e. The molecule has 9 nitrogen and oxygen atoms in total. The first-order valence-electron chi connectivity index (χ1n) is 10.0. The van der Waals surface area contributed by atoms with E-state index in [-0.39, 0.29) is 0 Å². The van der Waals surface area contributed by atoms with Gasteiger partial charge in [0.05, 0.1) is 16.7 Å². The summed E-state index contributed by atoms with van der Waals surface area (Å²) in [6.45, 7) is 3.42. The van der Waals surface area contributed by atoms with Gasteiger partial charge in [0.15, 0.2) is 0 Å². The molecule has 2 aliphatic rings. The predicted octanol–water partition coefficient (Wildman–Crippen LogP) is 1.59. The fourth-order valence-electron chi connectivity index (χ4n) is 4.24. The number of rotatable bonds is 3. The maximum Gasteiger partial charge on any atom is 0.261 e. The van der Waals surface area contributed by atoms with Gasteiger partial charge in [-0.15, -0.1) is 16.4 Å². The van der Waals surface area contributed by atoms with Gasteiger partial charge in [0.25, 0.3) is 11.8 Å². The van der Waals surface area contributed by atoms with Crippen molar-refractivity contribution in [2.45, 2.75) is 0 Å². The zero-order valence-electron chi connectivity index (χ0n) is 16.8. The molecule has 0 aromatic carbocycles. The Morgan fingerprint density at radius 3 is 2.71 bits per heavy atom. The highest BCUT2D eigenvalue weighted by Gasteiger charge is 2.36. The van der Waals surface area contributed by atoms with Crippen molar-refractivity contribution < 1.29 is 9.59 Å². The fourth-order valence-corrected chi connectivity index (χ4v) is 5.01. The smallest absolute Gasteiger partial charge is 0.261 e.